The molecule has 1 N–H and O–H groups in total. The van der Waals surface area contributed by atoms with E-state index in [9.17, 15) is 0 Å². The molecule has 2 rings (SSSR count). The van der Waals surface area contributed by atoms with Crippen LogP contribution < -0.4 is 10.1 Å². The zero-order valence-electron chi connectivity index (χ0n) is 10.4. The first-order valence-corrected chi connectivity index (χ1v) is 5.80. The van der Waals surface area contributed by atoms with Crippen LogP contribution in [0.2, 0.25) is 5.28 Å². The first-order chi connectivity index (χ1) is 8.58. The van der Waals surface area contributed by atoms with Gasteiger partial charge in [0.25, 0.3) is 0 Å². The Morgan fingerprint density at radius 3 is 2.61 bits per heavy atom. The molecule has 1 heterocycles. The molecular formula is C12H13ClN4O. The zero-order valence-corrected chi connectivity index (χ0v) is 11.1. The van der Waals surface area contributed by atoms with Gasteiger partial charge in [-0.05, 0) is 37.1 Å². The van der Waals surface area contributed by atoms with Crippen molar-refractivity contribution in [2.75, 3.05) is 12.4 Å². The van der Waals surface area contributed by atoms with Gasteiger partial charge in [0.1, 0.15) is 5.75 Å². The van der Waals surface area contributed by atoms with E-state index in [4.69, 9.17) is 16.3 Å². The number of benzene rings is 1. The molecule has 0 amide bonds. The molecular weight excluding hydrogens is 252 g/mol. The maximum absolute atomic E-state index is 5.78. The largest absolute Gasteiger partial charge is 0.424 e. The molecule has 0 unspecified atom stereocenters. The van der Waals surface area contributed by atoms with E-state index in [-0.39, 0.29) is 11.3 Å². The van der Waals surface area contributed by atoms with Gasteiger partial charge in [0, 0.05) is 7.05 Å². The molecule has 2 aromatic rings. The molecule has 94 valence electrons. The molecule has 0 radical (unpaired) electrons. The van der Waals surface area contributed by atoms with E-state index in [1.54, 1.807) is 7.05 Å². The molecule has 0 aliphatic heterocycles. The van der Waals surface area contributed by atoms with Gasteiger partial charge in [0.2, 0.25) is 11.2 Å². The van der Waals surface area contributed by atoms with Gasteiger partial charge < -0.3 is 10.1 Å². The summed E-state index contributed by atoms with van der Waals surface area (Å²) >= 11 is 5.78. The van der Waals surface area contributed by atoms with Crippen LogP contribution in [0.15, 0.2) is 18.2 Å². The lowest BCUT2D eigenvalue weighted by Crippen LogP contribution is -2.01. The van der Waals surface area contributed by atoms with Crippen molar-refractivity contribution in [2.24, 2.45) is 0 Å². The van der Waals surface area contributed by atoms with E-state index in [2.05, 4.69) is 20.3 Å². The van der Waals surface area contributed by atoms with E-state index in [0.717, 1.165) is 5.56 Å². The normalized spacial score (nSPS) is 10.2. The highest BCUT2D eigenvalue weighted by atomic mass is 35.5. The summed E-state index contributed by atoms with van der Waals surface area (Å²) in [6.45, 7) is 3.99. The third-order valence-electron chi connectivity index (χ3n) is 2.34. The number of ether oxygens (including phenoxy) is 1. The zero-order chi connectivity index (χ0) is 13.1. The summed E-state index contributed by atoms with van der Waals surface area (Å²) in [5.41, 5.74) is 2.18. The summed E-state index contributed by atoms with van der Waals surface area (Å²) in [5, 5.41) is 2.88. The highest BCUT2D eigenvalue weighted by Crippen LogP contribution is 2.24. The average molecular weight is 265 g/mol. The first kappa shape index (κ1) is 12.6. The molecule has 1 aromatic heterocycles. The summed E-state index contributed by atoms with van der Waals surface area (Å²) in [7, 11) is 1.70. The summed E-state index contributed by atoms with van der Waals surface area (Å²) in [6.07, 6.45) is 0. The van der Waals surface area contributed by atoms with Crippen molar-refractivity contribution in [1.29, 1.82) is 0 Å². The van der Waals surface area contributed by atoms with Crippen molar-refractivity contribution in [3.05, 3.63) is 34.6 Å². The number of anilines is 1. The minimum Gasteiger partial charge on any atom is -0.424 e. The van der Waals surface area contributed by atoms with Crippen LogP contribution in [0.25, 0.3) is 0 Å². The SMILES string of the molecule is CNc1nc(Cl)nc(Oc2ccc(C)cc2C)n1. The minimum absolute atomic E-state index is 0.0918. The number of nitrogens with zero attached hydrogens (tertiary/aromatic N) is 3. The van der Waals surface area contributed by atoms with Crippen LogP contribution in [-0.4, -0.2) is 22.0 Å². The number of rotatable bonds is 3. The second-order valence-electron chi connectivity index (χ2n) is 3.83. The van der Waals surface area contributed by atoms with Crippen molar-refractivity contribution in [3.63, 3.8) is 0 Å². The van der Waals surface area contributed by atoms with Crippen molar-refractivity contribution in [3.8, 4) is 11.8 Å². The van der Waals surface area contributed by atoms with Gasteiger partial charge >= 0.3 is 6.01 Å². The Morgan fingerprint density at radius 1 is 1.17 bits per heavy atom. The third-order valence-corrected chi connectivity index (χ3v) is 2.51. The molecule has 0 saturated heterocycles. The number of aromatic nitrogens is 3. The lowest BCUT2D eigenvalue weighted by Gasteiger charge is -2.08. The van der Waals surface area contributed by atoms with E-state index < -0.39 is 0 Å². The van der Waals surface area contributed by atoms with Gasteiger partial charge in [-0.25, -0.2) is 0 Å². The van der Waals surface area contributed by atoms with Crippen LogP contribution in [0.5, 0.6) is 11.8 Å². The smallest absolute Gasteiger partial charge is 0.328 e. The minimum atomic E-state index is 0.0918. The van der Waals surface area contributed by atoms with E-state index in [1.807, 2.05) is 32.0 Å². The molecule has 6 heteroatoms. The predicted octanol–water partition coefficient (Wildman–Crippen LogP) is 2.98. The molecule has 5 nitrogen and oxygen atoms in total. The fourth-order valence-electron chi connectivity index (χ4n) is 1.50. The molecule has 0 aliphatic rings. The Hall–Kier alpha value is -1.88. The summed E-state index contributed by atoms with van der Waals surface area (Å²) in [4.78, 5) is 11.9. The van der Waals surface area contributed by atoms with Crippen molar-refractivity contribution < 1.29 is 4.74 Å². The van der Waals surface area contributed by atoms with E-state index >= 15 is 0 Å². The molecule has 0 fully saturated rings. The lowest BCUT2D eigenvalue weighted by atomic mass is 10.1. The molecule has 0 bridgehead atoms. The summed E-state index contributed by atoms with van der Waals surface area (Å²) < 4.78 is 5.60. The van der Waals surface area contributed by atoms with Gasteiger partial charge in [-0.3, -0.25) is 0 Å². The van der Waals surface area contributed by atoms with Crippen molar-refractivity contribution in [1.82, 2.24) is 15.0 Å². The van der Waals surface area contributed by atoms with Crippen LogP contribution in [0.1, 0.15) is 11.1 Å². The maximum atomic E-state index is 5.78. The Balaban J connectivity index is 2.30. The first-order valence-electron chi connectivity index (χ1n) is 5.43. The Labute approximate surface area is 110 Å². The monoisotopic (exact) mass is 264 g/mol. The molecule has 0 atom stereocenters. The predicted molar refractivity (Wildman–Crippen MR) is 70.4 cm³/mol. The van der Waals surface area contributed by atoms with Crippen LogP contribution in [0.4, 0.5) is 5.95 Å². The summed E-state index contributed by atoms with van der Waals surface area (Å²) in [6, 6.07) is 6.04. The molecule has 0 spiro atoms. The quantitative estimate of drug-likeness (QED) is 0.923. The van der Waals surface area contributed by atoms with Crippen LogP contribution >= 0.6 is 11.6 Å². The van der Waals surface area contributed by atoms with Gasteiger partial charge in [0.15, 0.2) is 0 Å². The van der Waals surface area contributed by atoms with Gasteiger partial charge in [0.05, 0.1) is 0 Å². The fraction of sp³-hybridized carbons (Fsp3) is 0.250. The topological polar surface area (TPSA) is 59.9 Å². The van der Waals surface area contributed by atoms with E-state index in [0.29, 0.717) is 11.7 Å². The Morgan fingerprint density at radius 2 is 1.94 bits per heavy atom. The number of aryl methyl sites for hydroxylation is 2. The second kappa shape index (κ2) is 5.18. The van der Waals surface area contributed by atoms with Crippen molar-refractivity contribution in [2.45, 2.75) is 13.8 Å². The van der Waals surface area contributed by atoms with Crippen molar-refractivity contribution >= 4 is 17.5 Å². The Bertz CT molecular complexity index is 574. The maximum Gasteiger partial charge on any atom is 0.328 e. The molecule has 18 heavy (non-hydrogen) atoms. The molecule has 0 aliphatic carbocycles. The number of hydrogen-bond acceptors (Lipinski definition) is 5. The second-order valence-corrected chi connectivity index (χ2v) is 4.17. The number of halogens is 1. The highest BCUT2D eigenvalue weighted by Gasteiger charge is 2.07. The van der Waals surface area contributed by atoms with Gasteiger partial charge in [-0.1, -0.05) is 17.7 Å². The van der Waals surface area contributed by atoms with Gasteiger partial charge in [-0.15, -0.1) is 0 Å². The van der Waals surface area contributed by atoms with E-state index in [1.165, 1.54) is 5.56 Å². The number of hydrogen-bond donors (Lipinski definition) is 1. The number of nitrogens with one attached hydrogen (secondary N) is 1. The molecule has 0 saturated carbocycles. The van der Waals surface area contributed by atoms with Crippen LogP contribution in [0, 0.1) is 13.8 Å². The highest BCUT2D eigenvalue weighted by molar-refractivity contribution is 6.28. The van der Waals surface area contributed by atoms with Crippen LogP contribution in [0.3, 0.4) is 0 Å². The van der Waals surface area contributed by atoms with Gasteiger partial charge in [-0.2, -0.15) is 15.0 Å². The fourth-order valence-corrected chi connectivity index (χ4v) is 1.65. The standard InChI is InChI=1S/C12H13ClN4O/c1-7-4-5-9(8(2)6-7)18-12-16-10(13)15-11(14-3)17-12/h4-6H,1-3H3,(H,14,15,16,17). The summed E-state index contributed by atoms with van der Waals surface area (Å²) in [5.74, 6) is 1.07. The Kier molecular flexibility index (Phi) is 3.62. The molecule has 1 aromatic carbocycles. The lowest BCUT2D eigenvalue weighted by molar-refractivity contribution is 0.437. The third kappa shape index (κ3) is 2.87. The van der Waals surface area contributed by atoms with Crippen LogP contribution in [-0.2, 0) is 0 Å². The average Bonchev–Trinajstić information content (AvgIpc) is 2.32.